The van der Waals surface area contributed by atoms with Gasteiger partial charge in [0, 0.05) is 28.1 Å². The first kappa shape index (κ1) is 21.9. The molecule has 6 aromatic rings. The lowest BCUT2D eigenvalue weighted by atomic mass is 9.73. The Bertz CT molecular complexity index is 1790. The number of para-hydroxylation sites is 2. The summed E-state index contributed by atoms with van der Waals surface area (Å²) >= 11 is 0. The maximum atomic E-state index is 6.08. The Morgan fingerprint density at radius 2 is 1.38 bits per heavy atom. The SMILES string of the molecule is Cc1c(-c2ccc3c(c2)oc2ncccc23)ccc(N2c3ccccc3C(C)(C)c3ccccc32)c1C. The van der Waals surface area contributed by atoms with Crippen molar-refractivity contribution >= 4 is 39.1 Å². The number of rotatable bonds is 2. The van der Waals surface area contributed by atoms with Crippen LogP contribution in [-0.2, 0) is 5.41 Å². The van der Waals surface area contributed by atoms with E-state index in [0.29, 0.717) is 5.71 Å². The van der Waals surface area contributed by atoms with Crippen molar-refractivity contribution in [3.8, 4) is 11.1 Å². The third kappa shape index (κ3) is 3.10. The third-order valence-corrected chi connectivity index (χ3v) is 8.20. The van der Waals surface area contributed by atoms with Crippen molar-refractivity contribution in [2.45, 2.75) is 33.1 Å². The molecule has 7 rings (SSSR count). The van der Waals surface area contributed by atoms with E-state index in [0.717, 1.165) is 21.9 Å². The van der Waals surface area contributed by atoms with Crippen molar-refractivity contribution < 1.29 is 4.42 Å². The van der Waals surface area contributed by atoms with Gasteiger partial charge in [-0.15, -0.1) is 0 Å². The van der Waals surface area contributed by atoms with E-state index in [9.17, 15) is 0 Å². The zero-order valence-electron chi connectivity index (χ0n) is 21.5. The summed E-state index contributed by atoms with van der Waals surface area (Å²) in [5.41, 5.74) is 12.8. The molecular weight excluding hydrogens is 452 g/mol. The van der Waals surface area contributed by atoms with Crippen LogP contribution in [0, 0.1) is 13.8 Å². The molecule has 0 saturated heterocycles. The molecule has 0 unspecified atom stereocenters. The van der Waals surface area contributed by atoms with Gasteiger partial charge in [-0.3, -0.25) is 0 Å². The summed E-state index contributed by atoms with van der Waals surface area (Å²) < 4.78 is 6.08. The Balaban J connectivity index is 1.40. The largest absolute Gasteiger partial charge is 0.438 e. The van der Waals surface area contributed by atoms with E-state index in [1.54, 1.807) is 6.20 Å². The van der Waals surface area contributed by atoms with Crippen LogP contribution >= 0.6 is 0 Å². The molecule has 180 valence electrons. The molecule has 0 saturated carbocycles. The van der Waals surface area contributed by atoms with E-state index in [2.05, 4.69) is 123 Å². The molecule has 0 aliphatic carbocycles. The number of benzene rings is 4. The van der Waals surface area contributed by atoms with Gasteiger partial charge in [-0.2, -0.15) is 0 Å². The second kappa shape index (κ2) is 7.81. The normalized spacial score (nSPS) is 14.1. The van der Waals surface area contributed by atoms with Gasteiger partial charge >= 0.3 is 0 Å². The van der Waals surface area contributed by atoms with Crippen LogP contribution in [0.1, 0.15) is 36.1 Å². The summed E-state index contributed by atoms with van der Waals surface area (Å²) in [5.74, 6) is 0. The highest BCUT2D eigenvalue weighted by Crippen LogP contribution is 2.52. The number of fused-ring (bicyclic) bond motifs is 5. The molecule has 0 N–H and O–H groups in total. The lowest BCUT2D eigenvalue weighted by Gasteiger charge is -2.42. The Hall–Kier alpha value is -4.37. The second-order valence-corrected chi connectivity index (χ2v) is 10.5. The number of hydrogen-bond donors (Lipinski definition) is 0. The molecule has 1 aliphatic rings. The molecule has 3 nitrogen and oxygen atoms in total. The van der Waals surface area contributed by atoms with Gasteiger partial charge in [-0.25, -0.2) is 4.98 Å². The van der Waals surface area contributed by atoms with Gasteiger partial charge in [0.05, 0.1) is 11.4 Å². The summed E-state index contributed by atoms with van der Waals surface area (Å²) in [6.07, 6.45) is 1.77. The van der Waals surface area contributed by atoms with Crippen molar-refractivity contribution in [2.24, 2.45) is 0 Å². The first-order chi connectivity index (χ1) is 17.9. The van der Waals surface area contributed by atoms with E-state index in [-0.39, 0.29) is 5.41 Å². The predicted molar refractivity (Wildman–Crippen MR) is 153 cm³/mol. The van der Waals surface area contributed by atoms with Crippen molar-refractivity contribution in [3.05, 3.63) is 119 Å². The monoisotopic (exact) mass is 480 g/mol. The minimum absolute atomic E-state index is 0.0660. The van der Waals surface area contributed by atoms with Crippen molar-refractivity contribution in [1.29, 1.82) is 0 Å². The molecule has 0 bridgehead atoms. The molecule has 4 aromatic carbocycles. The first-order valence-corrected chi connectivity index (χ1v) is 12.8. The zero-order chi connectivity index (χ0) is 25.3. The van der Waals surface area contributed by atoms with Gasteiger partial charge in [0.15, 0.2) is 0 Å². The number of aromatic nitrogens is 1. The lowest BCUT2D eigenvalue weighted by Crippen LogP contribution is -2.30. The Kier molecular flexibility index (Phi) is 4.62. The molecule has 0 radical (unpaired) electrons. The second-order valence-electron chi connectivity index (χ2n) is 10.5. The van der Waals surface area contributed by atoms with Crippen LogP contribution in [0.3, 0.4) is 0 Å². The number of pyridine rings is 1. The molecule has 1 aliphatic heterocycles. The van der Waals surface area contributed by atoms with E-state index < -0.39 is 0 Å². The fraction of sp³-hybridized carbons (Fsp3) is 0.147. The van der Waals surface area contributed by atoms with Crippen LogP contribution in [0.15, 0.2) is 102 Å². The van der Waals surface area contributed by atoms with Crippen LogP contribution in [-0.4, -0.2) is 4.98 Å². The fourth-order valence-corrected chi connectivity index (χ4v) is 6.07. The topological polar surface area (TPSA) is 29.3 Å². The summed E-state index contributed by atoms with van der Waals surface area (Å²) in [6.45, 7) is 9.12. The molecule has 2 aromatic heterocycles. The van der Waals surface area contributed by atoms with E-state index >= 15 is 0 Å². The van der Waals surface area contributed by atoms with Crippen molar-refractivity contribution in [2.75, 3.05) is 4.90 Å². The van der Waals surface area contributed by atoms with E-state index in [1.807, 2.05) is 6.07 Å². The van der Waals surface area contributed by atoms with Gasteiger partial charge in [0.2, 0.25) is 5.71 Å². The molecule has 0 spiro atoms. The standard InChI is InChI=1S/C34H28N2O/c1-21-22(2)29(36-30-13-7-5-11-27(30)34(3,4)28-12-6-8-14-31(28)36)18-17-24(21)23-15-16-25-26-10-9-19-35-33(26)37-32(25)20-23/h5-20H,1-4H3. The minimum atomic E-state index is -0.0660. The van der Waals surface area contributed by atoms with Gasteiger partial charge in [0.1, 0.15) is 5.58 Å². The minimum Gasteiger partial charge on any atom is -0.438 e. The molecular formula is C34H28N2O. The van der Waals surface area contributed by atoms with Crippen molar-refractivity contribution in [3.63, 3.8) is 0 Å². The van der Waals surface area contributed by atoms with Crippen LogP contribution in [0.5, 0.6) is 0 Å². The quantitative estimate of drug-likeness (QED) is 0.247. The summed E-state index contributed by atoms with van der Waals surface area (Å²) in [7, 11) is 0. The zero-order valence-corrected chi connectivity index (χ0v) is 21.5. The molecule has 0 amide bonds. The van der Waals surface area contributed by atoms with Gasteiger partial charge < -0.3 is 9.32 Å². The Morgan fingerprint density at radius 1 is 0.676 bits per heavy atom. The molecule has 37 heavy (non-hydrogen) atoms. The maximum Gasteiger partial charge on any atom is 0.227 e. The van der Waals surface area contributed by atoms with E-state index in [1.165, 1.54) is 44.9 Å². The Labute approximate surface area is 217 Å². The van der Waals surface area contributed by atoms with Gasteiger partial charge in [-0.05, 0) is 89.7 Å². The average molecular weight is 481 g/mol. The summed E-state index contributed by atoms with van der Waals surface area (Å²) in [5, 5.41) is 2.15. The van der Waals surface area contributed by atoms with Crippen LogP contribution in [0.4, 0.5) is 17.1 Å². The van der Waals surface area contributed by atoms with Crippen LogP contribution in [0.2, 0.25) is 0 Å². The van der Waals surface area contributed by atoms with Gasteiger partial charge in [-0.1, -0.05) is 62.4 Å². The van der Waals surface area contributed by atoms with Crippen molar-refractivity contribution in [1.82, 2.24) is 4.98 Å². The fourth-order valence-electron chi connectivity index (χ4n) is 6.07. The lowest BCUT2D eigenvalue weighted by molar-refractivity contribution is 0.632. The highest BCUT2D eigenvalue weighted by molar-refractivity contribution is 6.04. The Morgan fingerprint density at radius 3 is 2.11 bits per heavy atom. The highest BCUT2D eigenvalue weighted by atomic mass is 16.3. The highest BCUT2D eigenvalue weighted by Gasteiger charge is 2.36. The molecule has 3 heterocycles. The van der Waals surface area contributed by atoms with Crippen LogP contribution in [0.25, 0.3) is 33.2 Å². The number of furan rings is 1. The van der Waals surface area contributed by atoms with Gasteiger partial charge in [0.25, 0.3) is 0 Å². The number of anilines is 3. The first-order valence-electron chi connectivity index (χ1n) is 12.8. The molecule has 3 heteroatoms. The molecule has 0 fully saturated rings. The summed E-state index contributed by atoms with van der Waals surface area (Å²) in [4.78, 5) is 6.83. The summed E-state index contributed by atoms with van der Waals surface area (Å²) in [6, 6.07) is 32.7. The van der Waals surface area contributed by atoms with Crippen LogP contribution < -0.4 is 4.90 Å². The smallest absolute Gasteiger partial charge is 0.227 e. The predicted octanol–water partition coefficient (Wildman–Crippen LogP) is 9.37. The molecule has 0 atom stereocenters. The third-order valence-electron chi connectivity index (χ3n) is 8.20. The number of hydrogen-bond acceptors (Lipinski definition) is 3. The van der Waals surface area contributed by atoms with E-state index in [4.69, 9.17) is 4.42 Å². The maximum absolute atomic E-state index is 6.08. The number of nitrogens with zero attached hydrogens (tertiary/aromatic N) is 2. The average Bonchev–Trinajstić information content (AvgIpc) is 3.29.